The Morgan fingerprint density at radius 2 is 2.16 bits per heavy atom. The second-order valence-electron chi connectivity index (χ2n) is 5.56. The van der Waals surface area contributed by atoms with E-state index in [0.29, 0.717) is 24.1 Å². The first-order valence-electron chi connectivity index (χ1n) is 7.36. The molecule has 1 fully saturated rings. The molecule has 1 aromatic heterocycles. The van der Waals surface area contributed by atoms with Gasteiger partial charge in [-0.1, -0.05) is 11.2 Å². The summed E-state index contributed by atoms with van der Waals surface area (Å²) in [5.74, 6) is -2.34. The molecule has 2 amide bonds. The fraction of sp³-hybridized carbons (Fsp3) is 0.333. The van der Waals surface area contributed by atoms with Crippen molar-refractivity contribution in [3.8, 4) is 11.4 Å². The number of alkyl halides is 3. The van der Waals surface area contributed by atoms with Crippen LogP contribution in [0.5, 0.6) is 0 Å². The second kappa shape index (κ2) is 6.19. The predicted molar refractivity (Wildman–Crippen MR) is 78.4 cm³/mol. The molecular formula is C15H13F3N4O3. The Morgan fingerprint density at radius 3 is 2.72 bits per heavy atom. The number of carbonyl (C=O) groups excluding carboxylic acids is 2. The molecule has 132 valence electrons. The van der Waals surface area contributed by atoms with Crippen molar-refractivity contribution in [2.75, 3.05) is 6.54 Å². The lowest BCUT2D eigenvalue weighted by molar-refractivity contribution is -0.159. The SMILES string of the molecule is Cc1cc(-c2noc(C(F)(F)F)n2)ccc1C(=O)NC1CCNC1=O. The number of hydrogen-bond acceptors (Lipinski definition) is 5. The van der Waals surface area contributed by atoms with Crippen LogP contribution in [0.3, 0.4) is 0 Å². The first-order chi connectivity index (χ1) is 11.8. The third kappa shape index (κ3) is 3.47. The zero-order valence-corrected chi connectivity index (χ0v) is 13.0. The summed E-state index contributed by atoms with van der Waals surface area (Å²) in [4.78, 5) is 27.1. The van der Waals surface area contributed by atoms with Gasteiger partial charge in [0.25, 0.3) is 5.91 Å². The highest BCUT2D eigenvalue weighted by Crippen LogP contribution is 2.29. The van der Waals surface area contributed by atoms with E-state index in [1.54, 1.807) is 6.92 Å². The minimum Gasteiger partial charge on any atom is -0.354 e. The molecule has 1 aliphatic heterocycles. The van der Waals surface area contributed by atoms with Crippen LogP contribution in [0.25, 0.3) is 11.4 Å². The van der Waals surface area contributed by atoms with E-state index in [1.165, 1.54) is 18.2 Å². The van der Waals surface area contributed by atoms with Crippen LogP contribution in [0.1, 0.15) is 28.2 Å². The van der Waals surface area contributed by atoms with E-state index >= 15 is 0 Å². The van der Waals surface area contributed by atoms with Gasteiger partial charge in [-0.05, 0) is 31.0 Å². The molecule has 2 N–H and O–H groups in total. The van der Waals surface area contributed by atoms with Crippen molar-refractivity contribution in [1.29, 1.82) is 0 Å². The van der Waals surface area contributed by atoms with E-state index in [2.05, 4.69) is 25.3 Å². The van der Waals surface area contributed by atoms with Crippen LogP contribution in [-0.4, -0.2) is 34.5 Å². The molecule has 0 aliphatic carbocycles. The maximum atomic E-state index is 12.5. The third-order valence-electron chi connectivity index (χ3n) is 3.75. The average Bonchev–Trinajstić information content (AvgIpc) is 3.16. The fourth-order valence-electron chi connectivity index (χ4n) is 2.48. The van der Waals surface area contributed by atoms with Gasteiger partial charge in [0.1, 0.15) is 6.04 Å². The van der Waals surface area contributed by atoms with Crippen molar-refractivity contribution < 1.29 is 27.3 Å². The lowest BCUT2D eigenvalue weighted by Crippen LogP contribution is -2.40. The van der Waals surface area contributed by atoms with Gasteiger partial charge in [-0.25, -0.2) is 0 Å². The van der Waals surface area contributed by atoms with Crippen LogP contribution in [0, 0.1) is 6.92 Å². The molecule has 10 heteroatoms. The monoisotopic (exact) mass is 354 g/mol. The zero-order valence-electron chi connectivity index (χ0n) is 13.0. The molecule has 0 radical (unpaired) electrons. The number of nitrogens with one attached hydrogen (secondary N) is 2. The number of aromatic nitrogens is 2. The molecule has 1 atom stereocenters. The number of amides is 2. The molecular weight excluding hydrogens is 341 g/mol. The van der Waals surface area contributed by atoms with E-state index < -0.39 is 24.0 Å². The molecule has 2 aromatic rings. The lowest BCUT2D eigenvalue weighted by atomic mass is 10.0. The Hall–Kier alpha value is -2.91. The minimum atomic E-state index is -4.72. The number of nitrogens with zero attached hydrogens (tertiary/aromatic N) is 2. The van der Waals surface area contributed by atoms with E-state index in [9.17, 15) is 22.8 Å². The van der Waals surface area contributed by atoms with Crippen LogP contribution >= 0.6 is 0 Å². The maximum Gasteiger partial charge on any atom is 0.471 e. The quantitative estimate of drug-likeness (QED) is 0.874. The zero-order chi connectivity index (χ0) is 18.2. The summed E-state index contributed by atoms with van der Waals surface area (Å²) in [6, 6.07) is 3.75. The van der Waals surface area contributed by atoms with Crippen LogP contribution in [0.2, 0.25) is 0 Å². The van der Waals surface area contributed by atoms with Gasteiger partial charge in [0.2, 0.25) is 11.7 Å². The molecule has 3 rings (SSSR count). The van der Waals surface area contributed by atoms with Crippen LogP contribution in [-0.2, 0) is 11.0 Å². The van der Waals surface area contributed by atoms with E-state index in [0.717, 1.165) is 0 Å². The third-order valence-corrected chi connectivity index (χ3v) is 3.75. The van der Waals surface area contributed by atoms with E-state index in [-0.39, 0.29) is 17.3 Å². The normalized spacial score (nSPS) is 17.4. The summed E-state index contributed by atoms with van der Waals surface area (Å²) in [6.07, 6.45) is -4.22. The Kier molecular flexibility index (Phi) is 4.19. The van der Waals surface area contributed by atoms with Gasteiger partial charge in [0, 0.05) is 17.7 Å². The van der Waals surface area contributed by atoms with Gasteiger partial charge in [0.05, 0.1) is 0 Å². The van der Waals surface area contributed by atoms with E-state index in [4.69, 9.17) is 0 Å². The smallest absolute Gasteiger partial charge is 0.354 e. The molecule has 0 saturated carbocycles. The van der Waals surface area contributed by atoms with Crippen molar-refractivity contribution in [1.82, 2.24) is 20.8 Å². The average molecular weight is 354 g/mol. The molecule has 1 saturated heterocycles. The van der Waals surface area contributed by atoms with Gasteiger partial charge in [0.15, 0.2) is 0 Å². The van der Waals surface area contributed by atoms with Crippen molar-refractivity contribution in [3.05, 3.63) is 35.2 Å². The van der Waals surface area contributed by atoms with Gasteiger partial charge in [-0.15, -0.1) is 0 Å². The van der Waals surface area contributed by atoms with E-state index in [1.807, 2.05) is 0 Å². The highest BCUT2D eigenvalue weighted by Gasteiger charge is 2.38. The number of carbonyl (C=O) groups is 2. The van der Waals surface area contributed by atoms with Gasteiger partial charge in [-0.3, -0.25) is 9.59 Å². The molecule has 7 nitrogen and oxygen atoms in total. The topological polar surface area (TPSA) is 97.1 Å². The molecule has 0 spiro atoms. The number of halogens is 3. The molecule has 25 heavy (non-hydrogen) atoms. The molecule has 2 heterocycles. The van der Waals surface area contributed by atoms with Gasteiger partial charge in [-0.2, -0.15) is 18.2 Å². The first-order valence-corrected chi connectivity index (χ1v) is 7.36. The van der Waals surface area contributed by atoms with Crippen LogP contribution < -0.4 is 10.6 Å². The summed E-state index contributed by atoms with van der Waals surface area (Å²) in [7, 11) is 0. The van der Waals surface area contributed by atoms with Gasteiger partial charge < -0.3 is 15.2 Å². The number of aryl methyl sites for hydroxylation is 1. The number of benzene rings is 1. The summed E-state index contributed by atoms with van der Waals surface area (Å²) in [6.45, 7) is 2.12. The largest absolute Gasteiger partial charge is 0.471 e. The van der Waals surface area contributed by atoms with Crippen molar-refractivity contribution in [2.45, 2.75) is 25.6 Å². The van der Waals surface area contributed by atoms with Crippen molar-refractivity contribution >= 4 is 11.8 Å². The Labute approximate surface area is 139 Å². The van der Waals surface area contributed by atoms with Crippen molar-refractivity contribution in [2.24, 2.45) is 0 Å². The van der Waals surface area contributed by atoms with Gasteiger partial charge >= 0.3 is 12.1 Å². The Balaban J connectivity index is 1.80. The summed E-state index contributed by atoms with van der Waals surface area (Å²) < 4.78 is 41.7. The van der Waals surface area contributed by atoms with Crippen molar-refractivity contribution in [3.63, 3.8) is 0 Å². The van der Waals surface area contributed by atoms with Crippen LogP contribution in [0.4, 0.5) is 13.2 Å². The molecule has 0 bridgehead atoms. The summed E-state index contributed by atoms with van der Waals surface area (Å²) in [5.41, 5.74) is 1.10. The summed E-state index contributed by atoms with van der Waals surface area (Å²) >= 11 is 0. The Morgan fingerprint density at radius 1 is 1.40 bits per heavy atom. The van der Waals surface area contributed by atoms with Crippen LogP contribution in [0.15, 0.2) is 22.7 Å². The first kappa shape index (κ1) is 16.9. The standard InChI is InChI=1S/C15H13F3N4O3/c1-7-6-8(11-21-14(25-22-11)15(16,17)18)2-3-9(7)12(23)20-10-4-5-19-13(10)24/h2-3,6,10H,4-5H2,1H3,(H,19,24)(H,20,23). The molecule has 1 aliphatic rings. The summed E-state index contributed by atoms with van der Waals surface area (Å²) in [5, 5.41) is 8.54. The highest BCUT2D eigenvalue weighted by molar-refractivity contribution is 5.99. The Bertz CT molecular complexity index is 832. The number of rotatable bonds is 3. The lowest BCUT2D eigenvalue weighted by Gasteiger charge is -2.12. The highest BCUT2D eigenvalue weighted by atomic mass is 19.4. The minimum absolute atomic E-state index is 0.224. The maximum absolute atomic E-state index is 12.5. The predicted octanol–water partition coefficient (Wildman–Crippen LogP) is 1.68. The fourth-order valence-corrected chi connectivity index (χ4v) is 2.48. The second-order valence-corrected chi connectivity index (χ2v) is 5.56. The number of hydrogen-bond donors (Lipinski definition) is 2. The molecule has 1 unspecified atom stereocenters. The molecule has 1 aromatic carbocycles.